The summed E-state index contributed by atoms with van der Waals surface area (Å²) in [6.07, 6.45) is 5.87. The molecule has 0 atom stereocenters. The van der Waals surface area contributed by atoms with Crippen LogP contribution in [0.3, 0.4) is 0 Å². The molecule has 0 saturated carbocycles. The topological polar surface area (TPSA) is 17.8 Å². The average Bonchev–Trinajstić information content (AvgIpc) is 2.48. The van der Waals surface area contributed by atoms with Crippen molar-refractivity contribution in [1.29, 1.82) is 0 Å². The molecule has 0 aliphatic carbocycles. The number of hydrogen-bond donors (Lipinski definition) is 0. The molecular weight excluding hydrogens is 136 g/mol. The van der Waals surface area contributed by atoms with E-state index in [4.69, 9.17) is 0 Å². The van der Waals surface area contributed by atoms with E-state index >= 15 is 0 Å². The van der Waals surface area contributed by atoms with Crippen LogP contribution >= 0.6 is 0 Å². The minimum Gasteiger partial charge on any atom is -0.260 e. The van der Waals surface area contributed by atoms with E-state index in [9.17, 15) is 0 Å². The van der Waals surface area contributed by atoms with Gasteiger partial charge in [-0.1, -0.05) is 12.8 Å². The van der Waals surface area contributed by atoms with Crippen molar-refractivity contribution >= 4 is 0 Å². The quantitative estimate of drug-likeness (QED) is 0.576. The van der Waals surface area contributed by atoms with Crippen molar-refractivity contribution in [2.75, 3.05) is 0 Å². The van der Waals surface area contributed by atoms with E-state index in [2.05, 4.69) is 30.1 Å². The predicted octanol–water partition coefficient (Wildman–Crippen LogP) is 1.27. The van der Waals surface area contributed by atoms with Gasteiger partial charge in [-0.15, -0.1) is 5.92 Å². The summed E-state index contributed by atoms with van der Waals surface area (Å²) in [6, 6.07) is 0. The van der Waals surface area contributed by atoms with Crippen LogP contribution in [0.2, 0.25) is 0 Å². The van der Waals surface area contributed by atoms with E-state index in [0.717, 1.165) is 12.0 Å². The Morgan fingerprint density at radius 3 is 3.09 bits per heavy atom. The molecule has 1 aromatic heterocycles. The predicted molar refractivity (Wildman–Crippen MR) is 43.9 cm³/mol. The molecule has 57 valence electrons. The molecule has 1 radical (unpaired) electrons. The standard InChI is InChI=1S/C9H11N2/c1-3-5-6-11-8-9(4-2)7-10-11/h8H,4,6H2,1-2H3. The number of rotatable bonds is 2. The second-order valence-electron chi connectivity index (χ2n) is 2.24. The summed E-state index contributed by atoms with van der Waals surface area (Å²) < 4.78 is 1.80. The first kappa shape index (κ1) is 7.87. The van der Waals surface area contributed by atoms with Gasteiger partial charge in [0.25, 0.3) is 0 Å². The Balaban J connectivity index is 2.62. The summed E-state index contributed by atoms with van der Waals surface area (Å²) in [5.74, 6) is 5.75. The lowest BCUT2D eigenvalue weighted by atomic mass is 10.3. The maximum Gasteiger partial charge on any atom is 0.116 e. The van der Waals surface area contributed by atoms with E-state index < -0.39 is 0 Å². The van der Waals surface area contributed by atoms with Crippen molar-refractivity contribution in [2.24, 2.45) is 0 Å². The summed E-state index contributed by atoms with van der Waals surface area (Å²) in [4.78, 5) is 0. The molecule has 0 spiro atoms. The van der Waals surface area contributed by atoms with Crippen molar-refractivity contribution in [3.8, 4) is 11.8 Å². The lowest BCUT2D eigenvalue weighted by Crippen LogP contribution is -1.94. The Morgan fingerprint density at radius 2 is 2.55 bits per heavy atom. The monoisotopic (exact) mass is 147 g/mol. The Bertz CT molecular complexity index is 275. The molecule has 1 aromatic rings. The molecule has 2 nitrogen and oxygen atoms in total. The van der Waals surface area contributed by atoms with Crippen LogP contribution in [0.1, 0.15) is 19.4 Å². The third-order valence-corrected chi connectivity index (χ3v) is 1.43. The van der Waals surface area contributed by atoms with Crippen LogP contribution < -0.4 is 0 Å². The smallest absolute Gasteiger partial charge is 0.116 e. The molecule has 1 heterocycles. The first-order valence-corrected chi connectivity index (χ1v) is 3.70. The maximum absolute atomic E-state index is 4.01. The highest BCUT2D eigenvalue weighted by Gasteiger charge is 1.93. The molecule has 0 aliphatic heterocycles. The summed E-state index contributed by atoms with van der Waals surface area (Å²) in [6.45, 7) is 4.59. The summed E-state index contributed by atoms with van der Waals surface area (Å²) in [5.41, 5.74) is 1.14. The van der Waals surface area contributed by atoms with Gasteiger partial charge in [0.15, 0.2) is 0 Å². The molecule has 1 rings (SSSR count). The van der Waals surface area contributed by atoms with E-state index in [1.807, 2.05) is 13.1 Å². The van der Waals surface area contributed by atoms with Crippen molar-refractivity contribution < 1.29 is 0 Å². The van der Waals surface area contributed by atoms with Gasteiger partial charge in [-0.05, 0) is 18.9 Å². The Kier molecular flexibility index (Phi) is 2.74. The Hall–Kier alpha value is -1.23. The molecule has 11 heavy (non-hydrogen) atoms. The molecule has 0 fully saturated rings. The van der Waals surface area contributed by atoms with Gasteiger partial charge in [0.2, 0.25) is 0 Å². The van der Waals surface area contributed by atoms with E-state index in [0.29, 0.717) is 6.54 Å². The first-order chi connectivity index (χ1) is 5.36. The van der Waals surface area contributed by atoms with Crippen molar-refractivity contribution in [2.45, 2.75) is 26.8 Å². The maximum atomic E-state index is 4.01. The number of nitrogens with zero attached hydrogens (tertiary/aromatic N) is 2. The van der Waals surface area contributed by atoms with Crippen LogP contribution in [0, 0.1) is 18.0 Å². The van der Waals surface area contributed by atoms with Crippen LogP contribution in [0.15, 0.2) is 6.20 Å². The van der Waals surface area contributed by atoms with Gasteiger partial charge in [0.1, 0.15) is 12.7 Å². The zero-order valence-electron chi connectivity index (χ0n) is 6.89. The fourth-order valence-electron chi connectivity index (χ4n) is 0.777. The van der Waals surface area contributed by atoms with Crippen LogP contribution in [0.5, 0.6) is 0 Å². The fourth-order valence-corrected chi connectivity index (χ4v) is 0.777. The van der Waals surface area contributed by atoms with Gasteiger partial charge < -0.3 is 0 Å². The molecule has 0 N–H and O–H groups in total. The van der Waals surface area contributed by atoms with Gasteiger partial charge in [0.05, 0.1) is 0 Å². The van der Waals surface area contributed by atoms with E-state index in [1.165, 1.54) is 0 Å². The van der Waals surface area contributed by atoms with Gasteiger partial charge in [-0.3, -0.25) is 4.68 Å². The molecule has 0 amide bonds. The lowest BCUT2D eigenvalue weighted by Gasteiger charge is -1.89. The molecule has 0 bridgehead atoms. The van der Waals surface area contributed by atoms with Crippen LogP contribution in [-0.4, -0.2) is 9.78 Å². The van der Waals surface area contributed by atoms with E-state index in [1.54, 1.807) is 4.68 Å². The summed E-state index contributed by atoms with van der Waals surface area (Å²) in [5, 5.41) is 4.01. The van der Waals surface area contributed by atoms with Gasteiger partial charge in [0, 0.05) is 6.20 Å². The van der Waals surface area contributed by atoms with Gasteiger partial charge in [-0.2, -0.15) is 5.10 Å². The van der Waals surface area contributed by atoms with Crippen LogP contribution in [0.4, 0.5) is 0 Å². The minimum absolute atomic E-state index is 0.674. The van der Waals surface area contributed by atoms with Crippen molar-refractivity contribution in [1.82, 2.24) is 9.78 Å². The van der Waals surface area contributed by atoms with Crippen LogP contribution in [-0.2, 0) is 13.0 Å². The minimum atomic E-state index is 0.674. The molecule has 0 aliphatic rings. The largest absolute Gasteiger partial charge is 0.260 e. The van der Waals surface area contributed by atoms with Crippen LogP contribution in [0.25, 0.3) is 0 Å². The van der Waals surface area contributed by atoms with Gasteiger partial charge in [-0.25, -0.2) is 0 Å². The Morgan fingerprint density at radius 1 is 1.73 bits per heavy atom. The van der Waals surface area contributed by atoms with Crippen molar-refractivity contribution in [3.63, 3.8) is 0 Å². The fraction of sp³-hybridized carbons (Fsp3) is 0.444. The van der Waals surface area contributed by atoms with Gasteiger partial charge >= 0.3 is 0 Å². The zero-order valence-corrected chi connectivity index (χ0v) is 6.89. The third-order valence-electron chi connectivity index (χ3n) is 1.43. The zero-order chi connectivity index (χ0) is 8.10. The molecule has 0 aromatic carbocycles. The molecule has 0 unspecified atom stereocenters. The molecular formula is C9H11N2. The second-order valence-corrected chi connectivity index (χ2v) is 2.24. The average molecular weight is 147 g/mol. The second kappa shape index (κ2) is 3.82. The summed E-state index contributed by atoms with van der Waals surface area (Å²) in [7, 11) is 0. The third kappa shape index (κ3) is 2.12. The molecule has 2 heteroatoms. The lowest BCUT2D eigenvalue weighted by molar-refractivity contribution is 0.712. The Labute approximate surface area is 67.2 Å². The SMILES string of the molecule is CC#CCn1cc(CC)[c]n1. The highest BCUT2D eigenvalue weighted by atomic mass is 15.3. The number of aromatic nitrogens is 2. The highest BCUT2D eigenvalue weighted by Crippen LogP contribution is 1.95. The summed E-state index contributed by atoms with van der Waals surface area (Å²) >= 11 is 0. The number of aryl methyl sites for hydroxylation is 1. The first-order valence-electron chi connectivity index (χ1n) is 3.70. The van der Waals surface area contributed by atoms with E-state index in [-0.39, 0.29) is 0 Å². The van der Waals surface area contributed by atoms with Crippen molar-refractivity contribution in [3.05, 3.63) is 18.0 Å². The highest BCUT2D eigenvalue weighted by molar-refractivity contribution is 5.03. The number of hydrogen-bond acceptors (Lipinski definition) is 1. The molecule has 0 saturated heterocycles. The normalized spacial score (nSPS) is 8.91.